The number of rotatable bonds is 3. The van der Waals surface area contributed by atoms with E-state index >= 15 is 0 Å². The Kier molecular flexibility index (Phi) is 4.49. The summed E-state index contributed by atoms with van der Waals surface area (Å²) < 4.78 is 12.2. The Labute approximate surface area is 135 Å². The fourth-order valence-corrected chi connectivity index (χ4v) is 1.99. The Morgan fingerprint density at radius 3 is 2.52 bits per heavy atom. The van der Waals surface area contributed by atoms with Crippen molar-refractivity contribution in [2.45, 2.75) is 26.4 Å². The largest absolute Gasteiger partial charge is 0.495 e. The van der Waals surface area contributed by atoms with Crippen molar-refractivity contribution in [3.63, 3.8) is 0 Å². The second kappa shape index (κ2) is 6.20. The molecule has 2 aromatic rings. The summed E-state index contributed by atoms with van der Waals surface area (Å²) >= 11 is 0. The van der Waals surface area contributed by atoms with Crippen molar-refractivity contribution in [1.29, 1.82) is 0 Å². The van der Waals surface area contributed by atoms with Crippen LogP contribution in [0.5, 0.6) is 5.75 Å². The highest BCUT2D eigenvalue weighted by atomic mass is 16.6. The highest BCUT2D eigenvalue weighted by Crippen LogP contribution is 2.31. The minimum absolute atomic E-state index is 0.512. The number of nitrogens with zero attached hydrogens (tertiary/aromatic N) is 2. The topological polar surface area (TPSA) is 91.4 Å². The number of nitrogens with two attached hydrogens (primary N) is 1. The molecule has 3 N–H and O–H groups in total. The molecule has 0 saturated carbocycles. The summed E-state index contributed by atoms with van der Waals surface area (Å²) in [4.78, 5) is 11.9. The van der Waals surface area contributed by atoms with Gasteiger partial charge in [0.15, 0.2) is 0 Å². The highest BCUT2D eigenvalue weighted by Gasteiger charge is 2.18. The third kappa shape index (κ3) is 4.15. The zero-order valence-electron chi connectivity index (χ0n) is 14.0. The average Bonchev–Trinajstić information content (AvgIpc) is 2.77. The molecule has 0 unspecified atom stereocenters. The first-order chi connectivity index (χ1) is 10.7. The van der Waals surface area contributed by atoms with Crippen LogP contribution in [-0.2, 0) is 11.8 Å². The van der Waals surface area contributed by atoms with E-state index in [-0.39, 0.29) is 0 Å². The number of ether oxygens (including phenoxy) is 2. The maximum absolute atomic E-state index is 11.9. The first-order valence-electron chi connectivity index (χ1n) is 7.17. The van der Waals surface area contributed by atoms with Crippen LogP contribution in [0.15, 0.2) is 24.3 Å². The van der Waals surface area contributed by atoms with Crippen LogP contribution in [0.1, 0.15) is 20.8 Å². The molecule has 0 fully saturated rings. The molecule has 7 heteroatoms. The van der Waals surface area contributed by atoms with Crippen molar-refractivity contribution in [3.8, 4) is 17.0 Å². The Hall–Kier alpha value is -2.70. The summed E-state index contributed by atoms with van der Waals surface area (Å²) in [6, 6.07) is 7.13. The molecule has 0 saturated heterocycles. The quantitative estimate of drug-likeness (QED) is 0.907. The molecule has 0 atom stereocenters. The Balaban J connectivity index is 2.24. The average molecular weight is 318 g/mol. The van der Waals surface area contributed by atoms with Crippen molar-refractivity contribution in [2.24, 2.45) is 7.05 Å². The van der Waals surface area contributed by atoms with Crippen molar-refractivity contribution in [1.82, 2.24) is 9.78 Å². The van der Waals surface area contributed by atoms with E-state index in [2.05, 4.69) is 10.4 Å². The molecule has 0 aliphatic rings. The van der Waals surface area contributed by atoms with Gasteiger partial charge in [-0.3, -0.25) is 10.00 Å². The molecule has 23 heavy (non-hydrogen) atoms. The molecule has 7 nitrogen and oxygen atoms in total. The van der Waals surface area contributed by atoms with Gasteiger partial charge in [0.25, 0.3) is 0 Å². The third-order valence-corrected chi connectivity index (χ3v) is 3.05. The van der Waals surface area contributed by atoms with Crippen LogP contribution in [0, 0.1) is 0 Å². The molecule has 0 aliphatic heterocycles. The fourth-order valence-electron chi connectivity index (χ4n) is 1.99. The van der Waals surface area contributed by atoms with E-state index in [1.54, 1.807) is 50.7 Å². The molecular weight excluding hydrogens is 296 g/mol. The molecular formula is C16H22N4O3. The zero-order valence-corrected chi connectivity index (χ0v) is 14.0. The van der Waals surface area contributed by atoms with Crippen LogP contribution in [-0.4, -0.2) is 28.6 Å². The molecule has 0 radical (unpaired) electrons. The van der Waals surface area contributed by atoms with Gasteiger partial charge in [0, 0.05) is 18.7 Å². The van der Waals surface area contributed by atoms with E-state index in [9.17, 15) is 4.79 Å². The molecule has 1 aromatic carbocycles. The van der Waals surface area contributed by atoms with E-state index in [1.807, 2.05) is 6.07 Å². The van der Waals surface area contributed by atoms with E-state index < -0.39 is 11.7 Å². The van der Waals surface area contributed by atoms with Crippen molar-refractivity contribution >= 4 is 17.6 Å². The minimum Gasteiger partial charge on any atom is -0.495 e. The maximum Gasteiger partial charge on any atom is 0.412 e. The molecule has 1 amide bonds. The Morgan fingerprint density at radius 1 is 1.30 bits per heavy atom. The van der Waals surface area contributed by atoms with Gasteiger partial charge in [0.1, 0.15) is 17.2 Å². The second-order valence-electron chi connectivity index (χ2n) is 6.12. The lowest BCUT2D eigenvalue weighted by molar-refractivity contribution is 0.0635. The minimum atomic E-state index is -0.567. The molecule has 0 bridgehead atoms. The summed E-state index contributed by atoms with van der Waals surface area (Å²) in [6.45, 7) is 5.41. The number of hydrogen-bond acceptors (Lipinski definition) is 5. The molecule has 124 valence electrons. The van der Waals surface area contributed by atoms with Gasteiger partial charge >= 0.3 is 6.09 Å². The smallest absolute Gasteiger partial charge is 0.412 e. The predicted octanol–water partition coefficient (Wildman–Crippen LogP) is 3.02. The number of benzene rings is 1. The van der Waals surface area contributed by atoms with Crippen LogP contribution < -0.4 is 15.8 Å². The van der Waals surface area contributed by atoms with Crippen LogP contribution in [0.4, 0.5) is 16.3 Å². The Morgan fingerprint density at radius 2 is 2.00 bits per heavy atom. The van der Waals surface area contributed by atoms with Crippen molar-refractivity contribution in [2.75, 3.05) is 18.2 Å². The zero-order chi connectivity index (χ0) is 17.2. The summed E-state index contributed by atoms with van der Waals surface area (Å²) in [5.41, 5.74) is 7.32. The summed E-state index contributed by atoms with van der Waals surface area (Å²) in [7, 11) is 3.31. The monoisotopic (exact) mass is 318 g/mol. The normalized spacial score (nSPS) is 11.2. The number of methoxy groups -OCH3 is 1. The van der Waals surface area contributed by atoms with Crippen LogP contribution >= 0.6 is 0 Å². The fraction of sp³-hybridized carbons (Fsp3) is 0.375. The van der Waals surface area contributed by atoms with Gasteiger partial charge < -0.3 is 15.2 Å². The number of carbonyl (C=O) groups excluding carboxylic acids is 1. The van der Waals surface area contributed by atoms with Gasteiger partial charge in [-0.15, -0.1) is 0 Å². The lowest BCUT2D eigenvalue weighted by Gasteiger charge is -2.20. The molecule has 2 rings (SSSR count). The molecule has 0 spiro atoms. The second-order valence-corrected chi connectivity index (χ2v) is 6.12. The number of nitrogens with one attached hydrogen (secondary N) is 1. The molecule has 1 heterocycles. The lowest BCUT2D eigenvalue weighted by Crippen LogP contribution is -2.27. The van der Waals surface area contributed by atoms with E-state index in [1.165, 1.54) is 7.11 Å². The van der Waals surface area contributed by atoms with Gasteiger partial charge in [-0.25, -0.2) is 4.79 Å². The number of hydrogen-bond donors (Lipinski definition) is 2. The van der Waals surface area contributed by atoms with Crippen LogP contribution in [0.3, 0.4) is 0 Å². The number of aryl methyl sites for hydroxylation is 1. The van der Waals surface area contributed by atoms with Crippen molar-refractivity contribution in [3.05, 3.63) is 24.3 Å². The van der Waals surface area contributed by atoms with Gasteiger partial charge in [0.2, 0.25) is 0 Å². The van der Waals surface area contributed by atoms with Crippen molar-refractivity contribution < 1.29 is 14.3 Å². The number of amides is 1. The number of aromatic nitrogens is 2. The first-order valence-corrected chi connectivity index (χ1v) is 7.17. The summed E-state index contributed by atoms with van der Waals surface area (Å²) in [6.07, 6.45) is -0.536. The Bertz CT molecular complexity index is 697. The molecule has 0 aliphatic carbocycles. The first kappa shape index (κ1) is 16.7. The van der Waals surface area contributed by atoms with Gasteiger partial charge in [-0.2, -0.15) is 5.10 Å². The number of carbonyl (C=O) groups is 1. The summed E-state index contributed by atoms with van der Waals surface area (Å²) in [5.74, 6) is 1.08. The van der Waals surface area contributed by atoms with Crippen LogP contribution in [0.25, 0.3) is 11.3 Å². The number of nitrogen functional groups attached to an aromatic ring is 1. The SMILES string of the molecule is COc1cc(-c2cc(N)n(C)n2)ccc1NC(=O)OC(C)(C)C. The maximum atomic E-state index is 11.9. The lowest BCUT2D eigenvalue weighted by atomic mass is 10.1. The van der Waals surface area contributed by atoms with Crippen LogP contribution in [0.2, 0.25) is 0 Å². The molecule has 1 aromatic heterocycles. The highest BCUT2D eigenvalue weighted by molar-refractivity contribution is 5.88. The standard InChI is InChI=1S/C16H22N4O3/c1-16(2,3)23-15(21)18-11-7-6-10(8-13(11)22-5)12-9-14(17)20(4)19-12/h6-9H,17H2,1-5H3,(H,18,21). The summed E-state index contributed by atoms with van der Waals surface area (Å²) in [5, 5.41) is 7.00. The van der Waals surface area contributed by atoms with E-state index in [0.717, 1.165) is 11.3 Å². The predicted molar refractivity (Wildman–Crippen MR) is 89.5 cm³/mol. The third-order valence-electron chi connectivity index (χ3n) is 3.05. The van der Waals surface area contributed by atoms with Gasteiger partial charge in [0.05, 0.1) is 18.5 Å². The van der Waals surface area contributed by atoms with Gasteiger partial charge in [-0.1, -0.05) is 6.07 Å². The van der Waals surface area contributed by atoms with E-state index in [0.29, 0.717) is 17.3 Å². The number of anilines is 2. The van der Waals surface area contributed by atoms with Gasteiger partial charge in [-0.05, 0) is 32.9 Å². The van der Waals surface area contributed by atoms with E-state index in [4.69, 9.17) is 15.2 Å².